The van der Waals surface area contributed by atoms with Crippen molar-refractivity contribution >= 4 is 17.1 Å². The molecular weight excluding hydrogens is 248 g/mol. The lowest BCUT2D eigenvalue weighted by Gasteiger charge is -2.18. The molecule has 0 bridgehead atoms. The predicted molar refractivity (Wildman–Crippen MR) is 69.3 cm³/mol. The SMILES string of the molecule is CC(C)(C)OC(=O)Oc1ccc2ccc(=O)oc2c1. The van der Waals surface area contributed by atoms with E-state index >= 15 is 0 Å². The number of carbonyl (C=O) groups excluding carboxylic acids is 1. The highest BCUT2D eigenvalue weighted by Crippen LogP contribution is 2.20. The van der Waals surface area contributed by atoms with Gasteiger partial charge in [-0.25, -0.2) is 9.59 Å². The van der Waals surface area contributed by atoms with E-state index < -0.39 is 17.4 Å². The van der Waals surface area contributed by atoms with Crippen LogP contribution >= 0.6 is 0 Å². The predicted octanol–water partition coefficient (Wildman–Crippen LogP) is 3.11. The molecule has 1 aromatic carbocycles. The topological polar surface area (TPSA) is 65.7 Å². The Morgan fingerprint density at radius 2 is 1.84 bits per heavy atom. The molecule has 0 amide bonds. The van der Waals surface area contributed by atoms with Gasteiger partial charge >= 0.3 is 11.8 Å². The molecule has 5 nitrogen and oxygen atoms in total. The Morgan fingerprint density at radius 3 is 2.53 bits per heavy atom. The molecule has 0 aliphatic carbocycles. The van der Waals surface area contributed by atoms with Crippen LogP contribution in [0.3, 0.4) is 0 Å². The second-order valence-corrected chi connectivity index (χ2v) is 5.02. The quantitative estimate of drug-likeness (QED) is 0.449. The van der Waals surface area contributed by atoms with Crippen molar-refractivity contribution in [1.29, 1.82) is 0 Å². The summed E-state index contributed by atoms with van der Waals surface area (Å²) in [6.07, 6.45) is -0.801. The van der Waals surface area contributed by atoms with Crippen LogP contribution in [0.15, 0.2) is 39.5 Å². The van der Waals surface area contributed by atoms with Crippen LogP contribution in [0.25, 0.3) is 11.0 Å². The van der Waals surface area contributed by atoms with Gasteiger partial charge < -0.3 is 13.9 Å². The molecule has 1 heterocycles. The van der Waals surface area contributed by atoms with Gasteiger partial charge in [-0.3, -0.25) is 0 Å². The van der Waals surface area contributed by atoms with Gasteiger partial charge in [0, 0.05) is 17.5 Å². The maximum absolute atomic E-state index is 11.5. The number of ether oxygens (including phenoxy) is 2. The van der Waals surface area contributed by atoms with Gasteiger partial charge in [-0.2, -0.15) is 0 Å². The average Bonchev–Trinajstić information content (AvgIpc) is 2.25. The van der Waals surface area contributed by atoms with E-state index in [1.54, 1.807) is 39.0 Å². The molecule has 0 aliphatic rings. The van der Waals surface area contributed by atoms with E-state index in [1.165, 1.54) is 12.1 Å². The molecule has 2 aromatic rings. The van der Waals surface area contributed by atoms with Gasteiger partial charge in [0.25, 0.3) is 0 Å². The van der Waals surface area contributed by atoms with E-state index in [1.807, 2.05) is 0 Å². The normalized spacial score (nSPS) is 11.3. The summed E-state index contributed by atoms with van der Waals surface area (Å²) in [6.45, 7) is 5.23. The lowest BCUT2D eigenvalue weighted by Crippen LogP contribution is -2.25. The summed E-state index contributed by atoms with van der Waals surface area (Å²) in [4.78, 5) is 22.6. The maximum Gasteiger partial charge on any atom is 0.514 e. The Labute approximate surface area is 109 Å². The van der Waals surface area contributed by atoms with Crippen LogP contribution in [-0.2, 0) is 4.74 Å². The lowest BCUT2D eigenvalue weighted by molar-refractivity contribution is 0.0206. The van der Waals surface area contributed by atoms with Crippen LogP contribution in [0, 0.1) is 0 Å². The molecular formula is C14H14O5. The Hall–Kier alpha value is -2.30. The van der Waals surface area contributed by atoms with Crippen molar-refractivity contribution in [2.75, 3.05) is 0 Å². The van der Waals surface area contributed by atoms with Crippen molar-refractivity contribution in [3.8, 4) is 5.75 Å². The molecule has 0 saturated carbocycles. The van der Waals surface area contributed by atoms with Crippen LogP contribution in [0.1, 0.15) is 20.8 Å². The molecule has 0 atom stereocenters. The zero-order valence-electron chi connectivity index (χ0n) is 10.9. The summed E-state index contributed by atoms with van der Waals surface area (Å²) < 4.78 is 15.0. The zero-order valence-corrected chi connectivity index (χ0v) is 10.9. The molecule has 100 valence electrons. The molecule has 0 aliphatic heterocycles. The average molecular weight is 262 g/mol. The van der Waals surface area contributed by atoms with Gasteiger partial charge in [0.1, 0.15) is 16.9 Å². The standard InChI is InChI=1S/C14H14O5/c1-14(2,3)19-13(16)17-10-6-4-9-5-7-12(15)18-11(9)8-10/h4-8H,1-3H3. The maximum atomic E-state index is 11.5. The van der Waals surface area contributed by atoms with E-state index in [0.717, 1.165) is 5.39 Å². The highest BCUT2D eigenvalue weighted by molar-refractivity contribution is 5.78. The molecule has 19 heavy (non-hydrogen) atoms. The second-order valence-electron chi connectivity index (χ2n) is 5.02. The Morgan fingerprint density at radius 1 is 1.16 bits per heavy atom. The number of benzene rings is 1. The van der Waals surface area contributed by atoms with Crippen molar-refractivity contribution in [3.63, 3.8) is 0 Å². The van der Waals surface area contributed by atoms with Gasteiger partial charge in [-0.15, -0.1) is 0 Å². The summed E-state index contributed by atoms with van der Waals surface area (Å²) >= 11 is 0. The van der Waals surface area contributed by atoms with E-state index in [-0.39, 0.29) is 5.75 Å². The minimum atomic E-state index is -0.801. The van der Waals surface area contributed by atoms with Crippen molar-refractivity contribution in [3.05, 3.63) is 40.8 Å². The Kier molecular flexibility index (Phi) is 3.29. The Balaban J connectivity index is 2.22. The number of carbonyl (C=O) groups is 1. The molecule has 2 rings (SSSR count). The van der Waals surface area contributed by atoms with Gasteiger partial charge in [0.15, 0.2) is 0 Å². The lowest BCUT2D eigenvalue weighted by atomic mass is 10.2. The third-order valence-corrected chi connectivity index (χ3v) is 2.19. The molecule has 0 N–H and O–H groups in total. The minimum absolute atomic E-state index is 0.260. The first-order valence-corrected chi connectivity index (χ1v) is 5.78. The van der Waals surface area contributed by atoms with Gasteiger partial charge in [0.05, 0.1) is 0 Å². The number of hydrogen-bond acceptors (Lipinski definition) is 5. The summed E-state index contributed by atoms with van der Waals surface area (Å²) in [5.41, 5.74) is -0.726. The zero-order chi connectivity index (χ0) is 14.0. The molecule has 0 spiro atoms. The monoisotopic (exact) mass is 262 g/mol. The fourth-order valence-electron chi connectivity index (χ4n) is 1.47. The third kappa shape index (κ3) is 3.58. The molecule has 0 radical (unpaired) electrons. The summed E-state index contributed by atoms with van der Waals surface area (Å²) in [7, 11) is 0. The van der Waals surface area contributed by atoms with Crippen LogP contribution in [0.4, 0.5) is 4.79 Å². The first-order chi connectivity index (χ1) is 8.83. The van der Waals surface area contributed by atoms with Crippen molar-refractivity contribution in [2.24, 2.45) is 0 Å². The van der Waals surface area contributed by atoms with E-state index in [9.17, 15) is 9.59 Å². The highest BCUT2D eigenvalue weighted by atomic mass is 16.7. The fraction of sp³-hybridized carbons (Fsp3) is 0.286. The number of rotatable bonds is 1. The van der Waals surface area contributed by atoms with Crippen molar-refractivity contribution < 1.29 is 18.7 Å². The summed E-state index contributed by atoms with van der Waals surface area (Å²) in [6, 6.07) is 7.74. The van der Waals surface area contributed by atoms with Crippen LogP contribution in [0.5, 0.6) is 5.75 Å². The van der Waals surface area contributed by atoms with Crippen LogP contribution in [0.2, 0.25) is 0 Å². The van der Waals surface area contributed by atoms with Gasteiger partial charge in [0.2, 0.25) is 0 Å². The fourth-order valence-corrected chi connectivity index (χ4v) is 1.47. The number of hydrogen-bond donors (Lipinski definition) is 0. The largest absolute Gasteiger partial charge is 0.514 e. The minimum Gasteiger partial charge on any atom is -0.428 e. The van der Waals surface area contributed by atoms with E-state index in [2.05, 4.69) is 0 Å². The van der Waals surface area contributed by atoms with E-state index in [4.69, 9.17) is 13.9 Å². The first kappa shape index (κ1) is 13.1. The van der Waals surface area contributed by atoms with Crippen LogP contribution in [-0.4, -0.2) is 11.8 Å². The molecule has 0 unspecified atom stereocenters. The van der Waals surface area contributed by atoms with E-state index in [0.29, 0.717) is 5.58 Å². The Bertz CT molecular complexity index is 663. The molecule has 1 aromatic heterocycles. The highest BCUT2D eigenvalue weighted by Gasteiger charge is 2.18. The first-order valence-electron chi connectivity index (χ1n) is 5.78. The summed E-state index contributed by atoms with van der Waals surface area (Å²) in [5, 5.41) is 0.746. The third-order valence-electron chi connectivity index (χ3n) is 2.19. The summed E-state index contributed by atoms with van der Waals surface area (Å²) in [5.74, 6) is 0.260. The van der Waals surface area contributed by atoms with Crippen LogP contribution < -0.4 is 10.4 Å². The van der Waals surface area contributed by atoms with Crippen molar-refractivity contribution in [1.82, 2.24) is 0 Å². The molecule has 0 fully saturated rings. The van der Waals surface area contributed by atoms with Gasteiger partial charge in [-0.1, -0.05) is 0 Å². The smallest absolute Gasteiger partial charge is 0.428 e. The molecule has 0 saturated heterocycles. The number of fused-ring (bicyclic) bond motifs is 1. The molecule has 5 heteroatoms. The second kappa shape index (κ2) is 4.76. The van der Waals surface area contributed by atoms with Crippen molar-refractivity contribution in [2.45, 2.75) is 26.4 Å². The van der Waals surface area contributed by atoms with Gasteiger partial charge in [-0.05, 0) is 39.0 Å².